The monoisotopic (exact) mass is 237 g/mol. The molecule has 0 fully saturated rings. The first-order valence-electron chi connectivity index (χ1n) is 4.54. The van der Waals surface area contributed by atoms with Crippen molar-refractivity contribution in [1.29, 1.82) is 0 Å². The van der Waals surface area contributed by atoms with E-state index in [1.165, 1.54) is 4.68 Å². The number of hydrogen-bond donors (Lipinski definition) is 1. The molecule has 0 radical (unpaired) electrons. The molecule has 0 saturated carbocycles. The Hall–Kier alpha value is -1.88. The third-order valence-corrected chi connectivity index (χ3v) is 2.22. The lowest BCUT2D eigenvalue weighted by molar-refractivity contribution is -0.136. The van der Waals surface area contributed by atoms with E-state index in [-0.39, 0.29) is 6.42 Å². The molecule has 16 heavy (non-hydrogen) atoms. The number of aliphatic carboxylic acids is 1. The summed E-state index contributed by atoms with van der Waals surface area (Å²) in [5.41, 5.74) is 1.20. The highest BCUT2D eigenvalue weighted by molar-refractivity contribution is 6.30. The SMILES string of the molecule is O=C(O)Cc1cn(-c2ccc(Cl)cc2)nn1. The number of nitrogens with zero attached hydrogens (tertiary/aromatic N) is 3. The van der Waals surface area contributed by atoms with Gasteiger partial charge in [-0.1, -0.05) is 16.8 Å². The molecular formula is C10H8ClN3O2. The smallest absolute Gasteiger partial charge is 0.309 e. The van der Waals surface area contributed by atoms with Crippen molar-refractivity contribution in [3.8, 4) is 5.69 Å². The Kier molecular flexibility index (Phi) is 2.87. The van der Waals surface area contributed by atoms with Gasteiger partial charge in [0.25, 0.3) is 0 Å². The zero-order valence-corrected chi connectivity index (χ0v) is 8.92. The molecule has 0 amide bonds. The van der Waals surface area contributed by atoms with E-state index in [4.69, 9.17) is 16.7 Å². The molecule has 2 aromatic rings. The molecule has 0 atom stereocenters. The summed E-state index contributed by atoms with van der Waals surface area (Å²) in [4.78, 5) is 10.5. The molecule has 82 valence electrons. The van der Waals surface area contributed by atoms with Crippen LogP contribution in [0, 0.1) is 0 Å². The standard InChI is InChI=1S/C10H8ClN3O2/c11-7-1-3-9(4-2-7)14-6-8(12-13-14)5-10(15)16/h1-4,6H,5H2,(H,15,16). The van der Waals surface area contributed by atoms with Crippen LogP contribution >= 0.6 is 11.6 Å². The first kappa shape index (κ1) is 10.6. The Morgan fingerprint density at radius 1 is 1.38 bits per heavy atom. The van der Waals surface area contributed by atoms with Crippen LogP contribution in [0.15, 0.2) is 30.5 Å². The maximum absolute atomic E-state index is 10.5. The van der Waals surface area contributed by atoms with Crippen LogP contribution in [-0.2, 0) is 11.2 Å². The lowest BCUT2D eigenvalue weighted by Gasteiger charge is -1.98. The van der Waals surface area contributed by atoms with Gasteiger partial charge in [-0.2, -0.15) is 0 Å². The third-order valence-electron chi connectivity index (χ3n) is 1.96. The van der Waals surface area contributed by atoms with Gasteiger partial charge in [0.05, 0.1) is 24.0 Å². The van der Waals surface area contributed by atoms with Crippen LogP contribution in [0.5, 0.6) is 0 Å². The summed E-state index contributed by atoms with van der Waals surface area (Å²) in [5, 5.41) is 16.8. The number of halogens is 1. The molecule has 0 saturated heterocycles. The minimum atomic E-state index is -0.928. The van der Waals surface area contributed by atoms with E-state index in [1.807, 2.05) is 0 Å². The lowest BCUT2D eigenvalue weighted by atomic mass is 10.3. The largest absolute Gasteiger partial charge is 0.481 e. The van der Waals surface area contributed by atoms with Crippen molar-refractivity contribution in [2.45, 2.75) is 6.42 Å². The van der Waals surface area contributed by atoms with Crippen LogP contribution in [0.1, 0.15) is 5.69 Å². The van der Waals surface area contributed by atoms with Gasteiger partial charge in [-0.15, -0.1) is 5.10 Å². The zero-order chi connectivity index (χ0) is 11.5. The number of benzene rings is 1. The fraction of sp³-hybridized carbons (Fsp3) is 0.100. The van der Waals surface area contributed by atoms with Crippen molar-refractivity contribution in [3.05, 3.63) is 41.2 Å². The molecule has 0 aliphatic carbocycles. The van der Waals surface area contributed by atoms with E-state index in [9.17, 15) is 4.79 Å². The highest BCUT2D eigenvalue weighted by Gasteiger charge is 2.06. The molecule has 2 rings (SSSR count). The molecule has 5 nitrogen and oxygen atoms in total. The maximum Gasteiger partial charge on any atom is 0.309 e. The molecule has 0 unspecified atom stereocenters. The van der Waals surface area contributed by atoms with E-state index in [2.05, 4.69) is 10.3 Å². The van der Waals surface area contributed by atoms with Gasteiger partial charge in [-0.25, -0.2) is 4.68 Å². The maximum atomic E-state index is 10.5. The second kappa shape index (κ2) is 4.32. The van der Waals surface area contributed by atoms with Crippen LogP contribution < -0.4 is 0 Å². The molecule has 1 heterocycles. The van der Waals surface area contributed by atoms with Gasteiger partial charge in [-0.3, -0.25) is 4.79 Å². The van der Waals surface area contributed by atoms with Crippen molar-refractivity contribution in [2.75, 3.05) is 0 Å². The second-order valence-electron chi connectivity index (χ2n) is 3.20. The number of aromatic nitrogens is 3. The summed E-state index contributed by atoms with van der Waals surface area (Å²) in [6.07, 6.45) is 1.45. The molecule has 0 spiro atoms. The van der Waals surface area contributed by atoms with Gasteiger partial charge in [0, 0.05) is 5.02 Å². The summed E-state index contributed by atoms with van der Waals surface area (Å²) in [6.45, 7) is 0. The zero-order valence-electron chi connectivity index (χ0n) is 8.17. The van der Waals surface area contributed by atoms with Crippen LogP contribution in [0.2, 0.25) is 5.02 Å². The average Bonchev–Trinajstić information content (AvgIpc) is 2.66. The number of carbonyl (C=O) groups is 1. The minimum absolute atomic E-state index is 0.131. The second-order valence-corrected chi connectivity index (χ2v) is 3.64. The number of carboxylic acid groups (broad SMARTS) is 1. The fourth-order valence-corrected chi connectivity index (χ4v) is 1.38. The predicted molar refractivity (Wildman–Crippen MR) is 57.7 cm³/mol. The average molecular weight is 238 g/mol. The van der Waals surface area contributed by atoms with Crippen LogP contribution in [0.3, 0.4) is 0 Å². The Morgan fingerprint density at radius 2 is 2.06 bits per heavy atom. The van der Waals surface area contributed by atoms with Crippen LogP contribution in [-0.4, -0.2) is 26.1 Å². The first-order valence-corrected chi connectivity index (χ1v) is 4.92. The number of rotatable bonds is 3. The van der Waals surface area contributed by atoms with E-state index in [0.29, 0.717) is 10.7 Å². The Bertz CT molecular complexity index is 507. The van der Waals surface area contributed by atoms with Gasteiger partial charge in [0.1, 0.15) is 0 Å². The van der Waals surface area contributed by atoms with E-state index in [1.54, 1.807) is 30.5 Å². The fourth-order valence-electron chi connectivity index (χ4n) is 1.25. The van der Waals surface area contributed by atoms with Crippen molar-refractivity contribution < 1.29 is 9.90 Å². The minimum Gasteiger partial charge on any atom is -0.481 e. The number of hydrogen-bond acceptors (Lipinski definition) is 3. The van der Waals surface area contributed by atoms with Crippen molar-refractivity contribution in [1.82, 2.24) is 15.0 Å². The molecule has 1 aromatic carbocycles. The van der Waals surface area contributed by atoms with Crippen LogP contribution in [0.25, 0.3) is 5.69 Å². The van der Waals surface area contributed by atoms with Gasteiger partial charge in [0.2, 0.25) is 0 Å². The molecular weight excluding hydrogens is 230 g/mol. The Morgan fingerprint density at radius 3 is 2.69 bits per heavy atom. The van der Waals surface area contributed by atoms with E-state index < -0.39 is 5.97 Å². The Labute approximate surface area is 96.3 Å². The van der Waals surface area contributed by atoms with Crippen LogP contribution in [0.4, 0.5) is 0 Å². The molecule has 0 aliphatic rings. The summed E-state index contributed by atoms with van der Waals surface area (Å²) in [7, 11) is 0. The number of carboxylic acids is 1. The lowest BCUT2D eigenvalue weighted by Crippen LogP contribution is -1.99. The van der Waals surface area contributed by atoms with Crippen molar-refractivity contribution in [2.24, 2.45) is 0 Å². The first-order chi connectivity index (χ1) is 7.65. The molecule has 1 aromatic heterocycles. The summed E-state index contributed by atoms with van der Waals surface area (Å²) >= 11 is 5.75. The van der Waals surface area contributed by atoms with E-state index in [0.717, 1.165) is 5.69 Å². The predicted octanol–water partition coefficient (Wildman–Crippen LogP) is 1.55. The van der Waals surface area contributed by atoms with Gasteiger partial charge >= 0.3 is 5.97 Å². The molecule has 0 bridgehead atoms. The molecule has 1 N–H and O–H groups in total. The molecule has 6 heteroatoms. The van der Waals surface area contributed by atoms with Gasteiger partial charge < -0.3 is 5.11 Å². The normalized spacial score (nSPS) is 10.3. The third kappa shape index (κ3) is 2.38. The summed E-state index contributed by atoms with van der Waals surface area (Å²) in [6, 6.07) is 7.02. The summed E-state index contributed by atoms with van der Waals surface area (Å²) < 4.78 is 1.51. The quantitative estimate of drug-likeness (QED) is 0.880. The van der Waals surface area contributed by atoms with E-state index >= 15 is 0 Å². The summed E-state index contributed by atoms with van der Waals surface area (Å²) in [5.74, 6) is -0.928. The molecule has 0 aliphatic heterocycles. The highest BCUT2D eigenvalue weighted by atomic mass is 35.5. The van der Waals surface area contributed by atoms with Gasteiger partial charge in [-0.05, 0) is 24.3 Å². The van der Waals surface area contributed by atoms with Crippen molar-refractivity contribution in [3.63, 3.8) is 0 Å². The van der Waals surface area contributed by atoms with Gasteiger partial charge in [0.15, 0.2) is 0 Å². The van der Waals surface area contributed by atoms with Crippen molar-refractivity contribution >= 4 is 17.6 Å². The topological polar surface area (TPSA) is 68.0 Å². The highest BCUT2D eigenvalue weighted by Crippen LogP contribution is 2.12. The Balaban J connectivity index is 2.24.